The summed E-state index contributed by atoms with van der Waals surface area (Å²) in [5, 5.41) is 14.5. The number of morpholine rings is 1. The Labute approximate surface area is 175 Å². The van der Waals surface area contributed by atoms with E-state index in [1.165, 1.54) is 11.0 Å². The van der Waals surface area contributed by atoms with Gasteiger partial charge >= 0.3 is 0 Å². The summed E-state index contributed by atoms with van der Waals surface area (Å²) in [6.45, 7) is 8.04. The van der Waals surface area contributed by atoms with Crippen molar-refractivity contribution in [1.82, 2.24) is 35.4 Å². The lowest BCUT2D eigenvalue weighted by molar-refractivity contribution is 0.0342. The Morgan fingerprint density at radius 3 is 2.77 bits per heavy atom. The van der Waals surface area contributed by atoms with E-state index in [4.69, 9.17) is 4.74 Å². The number of carbonyl (C=O) groups excluding carboxylic acids is 1. The average molecular weight is 407 g/mol. The molecule has 1 atom stereocenters. The van der Waals surface area contributed by atoms with Crippen LogP contribution in [0.4, 0.5) is 0 Å². The van der Waals surface area contributed by atoms with Gasteiger partial charge in [0.25, 0.3) is 5.91 Å². The Morgan fingerprint density at radius 1 is 1.23 bits per heavy atom. The molecule has 0 aliphatic carbocycles. The molecule has 9 nitrogen and oxygen atoms in total. The van der Waals surface area contributed by atoms with Gasteiger partial charge in [0.1, 0.15) is 6.33 Å². The first-order valence-corrected chi connectivity index (χ1v) is 10.0. The first kappa shape index (κ1) is 20.1. The first-order chi connectivity index (χ1) is 14.6. The van der Waals surface area contributed by atoms with Crippen molar-refractivity contribution in [3.63, 3.8) is 0 Å². The van der Waals surface area contributed by atoms with Crippen molar-refractivity contribution in [2.24, 2.45) is 0 Å². The highest BCUT2D eigenvalue weighted by molar-refractivity contribution is 5.96. The maximum absolute atomic E-state index is 13.0. The van der Waals surface area contributed by atoms with E-state index in [1.54, 1.807) is 6.07 Å². The van der Waals surface area contributed by atoms with Crippen LogP contribution < -0.4 is 5.32 Å². The molecule has 1 aliphatic rings. The smallest absolute Gasteiger partial charge is 0.251 e. The van der Waals surface area contributed by atoms with Gasteiger partial charge in [-0.3, -0.25) is 14.7 Å². The fourth-order valence-corrected chi connectivity index (χ4v) is 3.46. The summed E-state index contributed by atoms with van der Waals surface area (Å²) in [4.78, 5) is 19.8. The van der Waals surface area contributed by atoms with E-state index in [1.807, 2.05) is 44.3 Å². The molecule has 1 saturated heterocycles. The molecule has 3 aromatic rings. The molecular formula is C21H25N7O2. The maximum atomic E-state index is 13.0. The number of amides is 1. The van der Waals surface area contributed by atoms with Gasteiger partial charge in [-0.25, -0.2) is 4.68 Å². The number of rotatable bonds is 6. The number of ether oxygens (including phenoxy) is 1. The third kappa shape index (κ3) is 4.87. The van der Waals surface area contributed by atoms with Crippen molar-refractivity contribution in [2.45, 2.75) is 19.9 Å². The molecule has 4 rings (SSSR count). The molecule has 0 radical (unpaired) electrons. The van der Waals surface area contributed by atoms with Crippen LogP contribution in [0.25, 0.3) is 16.9 Å². The molecule has 3 heterocycles. The summed E-state index contributed by atoms with van der Waals surface area (Å²) >= 11 is 0. The lowest BCUT2D eigenvalue weighted by atomic mass is 10.0. The van der Waals surface area contributed by atoms with Crippen LogP contribution in [0.15, 0.2) is 42.9 Å². The third-order valence-electron chi connectivity index (χ3n) is 5.01. The van der Waals surface area contributed by atoms with Crippen LogP contribution in [0, 0.1) is 6.92 Å². The fraction of sp³-hybridized carbons (Fsp3) is 0.381. The molecule has 1 aliphatic heterocycles. The Kier molecular flexibility index (Phi) is 6.10. The van der Waals surface area contributed by atoms with E-state index in [9.17, 15) is 4.79 Å². The van der Waals surface area contributed by atoms with Gasteiger partial charge in [0.05, 0.1) is 24.6 Å². The maximum Gasteiger partial charge on any atom is 0.251 e. The number of benzene rings is 1. The van der Waals surface area contributed by atoms with E-state index in [-0.39, 0.29) is 11.9 Å². The summed E-state index contributed by atoms with van der Waals surface area (Å²) in [6, 6.07) is 9.50. The van der Waals surface area contributed by atoms with Crippen molar-refractivity contribution in [1.29, 1.82) is 0 Å². The van der Waals surface area contributed by atoms with Crippen LogP contribution in [0.1, 0.15) is 22.8 Å². The Bertz CT molecular complexity index is 983. The lowest BCUT2D eigenvalue weighted by Gasteiger charge is -2.29. The molecule has 9 heteroatoms. The molecule has 0 unspecified atom stereocenters. The summed E-state index contributed by atoms with van der Waals surface area (Å²) in [6.07, 6.45) is 3.31. The molecule has 0 bridgehead atoms. The number of aryl methyl sites for hydroxylation is 1. The van der Waals surface area contributed by atoms with E-state index >= 15 is 0 Å². The van der Waals surface area contributed by atoms with Gasteiger partial charge in [-0.2, -0.15) is 0 Å². The molecule has 1 fully saturated rings. The third-order valence-corrected chi connectivity index (χ3v) is 5.01. The molecule has 156 valence electrons. The topological polar surface area (TPSA) is 98.1 Å². The molecular weight excluding hydrogens is 382 g/mol. The standard InChI is InChI=1S/C21H25N7O2/c1-15-3-4-20(22-12-15)17-9-18(11-19(10-17)28-14-23-25-26-28)21(29)24-16(2)13-27-5-7-30-8-6-27/h3-4,9-12,14,16H,5-8,13H2,1-2H3,(H,24,29)/t16-/m1/s1. The predicted molar refractivity (Wildman–Crippen MR) is 111 cm³/mol. The fourth-order valence-electron chi connectivity index (χ4n) is 3.46. The molecule has 0 saturated carbocycles. The highest BCUT2D eigenvalue weighted by Gasteiger charge is 2.17. The molecule has 1 amide bonds. The quantitative estimate of drug-likeness (QED) is 0.661. The van der Waals surface area contributed by atoms with Gasteiger partial charge in [-0.15, -0.1) is 5.10 Å². The van der Waals surface area contributed by atoms with Gasteiger partial charge in [0, 0.05) is 43.0 Å². The van der Waals surface area contributed by atoms with E-state index in [0.717, 1.165) is 49.7 Å². The van der Waals surface area contributed by atoms with Gasteiger partial charge < -0.3 is 10.1 Å². The Hall–Kier alpha value is -3.17. The second-order valence-corrected chi connectivity index (χ2v) is 7.53. The summed E-state index contributed by atoms with van der Waals surface area (Å²) in [5.74, 6) is -0.140. The SMILES string of the molecule is Cc1ccc(-c2cc(C(=O)N[C@H](C)CN3CCOCC3)cc(-n3cnnn3)c2)nc1. The minimum atomic E-state index is -0.140. The second kappa shape index (κ2) is 9.10. The van der Waals surface area contributed by atoms with E-state index < -0.39 is 0 Å². The second-order valence-electron chi connectivity index (χ2n) is 7.53. The van der Waals surface area contributed by atoms with Crippen molar-refractivity contribution < 1.29 is 9.53 Å². The van der Waals surface area contributed by atoms with Gasteiger partial charge in [0.15, 0.2) is 0 Å². The molecule has 1 aromatic carbocycles. The summed E-state index contributed by atoms with van der Waals surface area (Å²) in [5.41, 5.74) is 3.92. The minimum Gasteiger partial charge on any atom is -0.379 e. The van der Waals surface area contributed by atoms with Crippen molar-refractivity contribution in [3.05, 3.63) is 54.0 Å². The van der Waals surface area contributed by atoms with E-state index in [2.05, 4.69) is 30.7 Å². The molecule has 2 aromatic heterocycles. The Balaban J connectivity index is 1.57. The molecule has 1 N–H and O–H groups in total. The van der Waals surface area contributed by atoms with Crippen molar-refractivity contribution >= 4 is 5.91 Å². The lowest BCUT2D eigenvalue weighted by Crippen LogP contribution is -2.46. The van der Waals surface area contributed by atoms with Crippen LogP contribution in [-0.4, -0.2) is 74.9 Å². The number of nitrogens with zero attached hydrogens (tertiary/aromatic N) is 6. The number of carbonyl (C=O) groups is 1. The zero-order chi connectivity index (χ0) is 20.9. The van der Waals surface area contributed by atoms with Gasteiger partial charge in [-0.1, -0.05) is 6.07 Å². The molecule has 0 spiro atoms. The van der Waals surface area contributed by atoms with Crippen molar-refractivity contribution in [2.75, 3.05) is 32.8 Å². The number of hydrogen-bond acceptors (Lipinski definition) is 7. The monoisotopic (exact) mass is 407 g/mol. The summed E-state index contributed by atoms with van der Waals surface area (Å²) < 4.78 is 6.92. The number of pyridine rings is 1. The Morgan fingerprint density at radius 2 is 2.07 bits per heavy atom. The number of hydrogen-bond donors (Lipinski definition) is 1. The van der Waals surface area contributed by atoms with Crippen molar-refractivity contribution in [3.8, 4) is 16.9 Å². The first-order valence-electron chi connectivity index (χ1n) is 10.0. The van der Waals surface area contributed by atoms with Crippen LogP contribution in [0.5, 0.6) is 0 Å². The predicted octanol–water partition coefficient (Wildman–Crippen LogP) is 1.48. The zero-order valence-electron chi connectivity index (χ0n) is 17.2. The average Bonchev–Trinajstić information content (AvgIpc) is 3.29. The van der Waals surface area contributed by atoms with E-state index in [0.29, 0.717) is 11.3 Å². The zero-order valence-corrected chi connectivity index (χ0v) is 17.2. The molecule has 30 heavy (non-hydrogen) atoms. The minimum absolute atomic E-state index is 0.00763. The van der Waals surface area contributed by atoms with Crippen LogP contribution >= 0.6 is 0 Å². The van der Waals surface area contributed by atoms with Crippen LogP contribution in [-0.2, 0) is 4.74 Å². The highest BCUT2D eigenvalue weighted by atomic mass is 16.5. The highest BCUT2D eigenvalue weighted by Crippen LogP contribution is 2.23. The van der Waals surface area contributed by atoms with Crippen LogP contribution in [0.3, 0.4) is 0 Å². The normalized spacial score (nSPS) is 15.7. The van der Waals surface area contributed by atoms with Crippen LogP contribution in [0.2, 0.25) is 0 Å². The number of nitrogens with one attached hydrogen (secondary N) is 1. The summed E-state index contributed by atoms with van der Waals surface area (Å²) in [7, 11) is 0. The number of aromatic nitrogens is 5. The van der Waals surface area contributed by atoms with Gasteiger partial charge in [-0.05, 0) is 54.1 Å². The number of tetrazole rings is 1. The largest absolute Gasteiger partial charge is 0.379 e. The van der Waals surface area contributed by atoms with Gasteiger partial charge in [0.2, 0.25) is 0 Å².